The van der Waals surface area contributed by atoms with Crippen LogP contribution in [0.2, 0.25) is 0 Å². The molecule has 3 atom stereocenters. The van der Waals surface area contributed by atoms with Crippen molar-refractivity contribution in [2.45, 2.75) is 58.0 Å². The predicted molar refractivity (Wildman–Crippen MR) is 77.8 cm³/mol. The molecule has 2 aliphatic rings. The molecular weight excluding hydrogens is 238 g/mol. The molecule has 0 saturated carbocycles. The fourth-order valence-electron chi connectivity index (χ4n) is 3.67. The van der Waals surface area contributed by atoms with Crippen molar-refractivity contribution in [3.8, 4) is 0 Å². The second-order valence-electron chi connectivity index (χ2n) is 6.41. The average molecular weight is 267 g/mol. The summed E-state index contributed by atoms with van der Waals surface area (Å²) in [4.78, 5) is 17.0. The highest BCUT2D eigenvalue weighted by molar-refractivity contribution is 5.79. The highest BCUT2D eigenvalue weighted by atomic mass is 16.2. The van der Waals surface area contributed by atoms with Crippen LogP contribution in [-0.4, -0.2) is 54.0 Å². The van der Waals surface area contributed by atoms with Gasteiger partial charge in [0.25, 0.3) is 0 Å². The van der Waals surface area contributed by atoms with Gasteiger partial charge in [-0.25, -0.2) is 0 Å². The van der Waals surface area contributed by atoms with Crippen LogP contribution in [0.25, 0.3) is 0 Å². The first kappa shape index (κ1) is 14.8. The Morgan fingerprint density at radius 2 is 1.84 bits per heavy atom. The maximum Gasteiger partial charge on any atom is 0.237 e. The SMILES string of the molecule is CC1CCCC(C)N1C(=O)CN1CCCC(CN)C1. The molecule has 2 rings (SSSR count). The van der Waals surface area contributed by atoms with Crippen LogP contribution in [0.4, 0.5) is 0 Å². The number of nitrogens with two attached hydrogens (primary N) is 1. The van der Waals surface area contributed by atoms with Crippen molar-refractivity contribution in [2.75, 3.05) is 26.2 Å². The summed E-state index contributed by atoms with van der Waals surface area (Å²) in [7, 11) is 0. The third-order valence-corrected chi connectivity index (χ3v) is 4.78. The van der Waals surface area contributed by atoms with E-state index in [1.165, 1.54) is 19.3 Å². The fourth-order valence-corrected chi connectivity index (χ4v) is 3.67. The van der Waals surface area contributed by atoms with Gasteiger partial charge in [-0.15, -0.1) is 0 Å². The van der Waals surface area contributed by atoms with E-state index >= 15 is 0 Å². The lowest BCUT2D eigenvalue weighted by molar-refractivity contribution is -0.138. The Balaban J connectivity index is 1.89. The first-order valence-electron chi connectivity index (χ1n) is 7.85. The van der Waals surface area contributed by atoms with Crippen molar-refractivity contribution in [1.29, 1.82) is 0 Å². The van der Waals surface area contributed by atoms with Crippen molar-refractivity contribution in [2.24, 2.45) is 11.7 Å². The fraction of sp³-hybridized carbons (Fsp3) is 0.933. The Labute approximate surface area is 117 Å². The maximum absolute atomic E-state index is 12.5. The molecule has 2 fully saturated rings. The Morgan fingerprint density at radius 3 is 2.47 bits per heavy atom. The number of nitrogens with zero attached hydrogens (tertiary/aromatic N) is 2. The van der Waals surface area contributed by atoms with Crippen molar-refractivity contribution in [1.82, 2.24) is 9.80 Å². The number of likely N-dealkylation sites (tertiary alicyclic amines) is 2. The van der Waals surface area contributed by atoms with Gasteiger partial charge in [0.2, 0.25) is 5.91 Å². The third-order valence-electron chi connectivity index (χ3n) is 4.78. The van der Waals surface area contributed by atoms with Crippen LogP contribution in [0, 0.1) is 5.92 Å². The molecule has 4 heteroatoms. The number of carbonyl (C=O) groups excluding carboxylic acids is 1. The Bertz CT molecular complexity index is 298. The van der Waals surface area contributed by atoms with Gasteiger partial charge in [-0.3, -0.25) is 9.69 Å². The lowest BCUT2D eigenvalue weighted by atomic mass is 9.96. The molecule has 0 bridgehead atoms. The molecule has 0 spiro atoms. The van der Waals surface area contributed by atoms with Gasteiger partial charge in [0, 0.05) is 18.6 Å². The van der Waals surface area contributed by atoms with Crippen molar-refractivity contribution in [3.05, 3.63) is 0 Å². The number of rotatable bonds is 3. The lowest BCUT2D eigenvalue weighted by Gasteiger charge is -2.41. The van der Waals surface area contributed by atoms with E-state index in [2.05, 4.69) is 23.6 Å². The predicted octanol–water partition coefficient (Wildman–Crippen LogP) is 1.45. The second-order valence-corrected chi connectivity index (χ2v) is 6.41. The zero-order chi connectivity index (χ0) is 13.8. The van der Waals surface area contributed by atoms with Crippen LogP contribution in [0.3, 0.4) is 0 Å². The van der Waals surface area contributed by atoms with Gasteiger partial charge in [0.15, 0.2) is 0 Å². The first-order chi connectivity index (χ1) is 9.11. The van der Waals surface area contributed by atoms with Crippen LogP contribution >= 0.6 is 0 Å². The molecule has 4 nitrogen and oxygen atoms in total. The quantitative estimate of drug-likeness (QED) is 0.842. The maximum atomic E-state index is 12.5. The molecular formula is C15H29N3O. The number of hydrogen-bond acceptors (Lipinski definition) is 3. The summed E-state index contributed by atoms with van der Waals surface area (Å²) in [6.07, 6.45) is 5.96. The first-order valence-corrected chi connectivity index (χ1v) is 7.85. The number of piperidine rings is 2. The number of amides is 1. The molecule has 0 aromatic rings. The standard InChI is InChI=1S/C15H29N3O/c1-12-5-3-6-13(2)18(12)15(19)11-17-8-4-7-14(9-16)10-17/h12-14H,3-11,16H2,1-2H3. The minimum atomic E-state index is 0.317. The van der Waals surface area contributed by atoms with Crippen LogP contribution in [0.1, 0.15) is 46.0 Å². The Morgan fingerprint density at radius 1 is 1.16 bits per heavy atom. The van der Waals surface area contributed by atoms with Crippen LogP contribution in [0.15, 0.2) is 0 Å². The van der Waals surface area contributed by atoms with Gasteiger partial charge in [-0.1, -0.05) is 0 Å². The number of carbonyl (C=O) groups is 1. The molecule has 0 aromatic heterocycles. The molecule has 2 heterocycles. The largest absolute Gasteiger partial charge is 0.336 e. The molecule has 3 unspecified atom stereocenters. The zero-order valence-electron chi connectivity index (χ0n) is 12.5. The number of hydrogen-bond donors (Lipinski definition) is 1. The van der Waals surface area contributed by atoms with Gasteiger partial charge in [-0.05, 0) is 65.0 Å². The highest BCUT2D eigenvalue weighted by Gasteiger charge is 2.30. The van der Waals surface area contributed by atoms with E-state index < -0.39 is 0 Å². The van der Waals surface area contributed by atoms with Crippen LogP contribution in [-0.2, 0) is 4.79 Å². The van der Waals surface area contributed by atoms with E-state index in [0.29, 0.717) is 30.5 Å². The summed E-state index contributed by atoms with van der Waals surface area (Å²) in [6, 6.07) is 0.817. The van der Waals surface area contributed by atoms with Gasteiger partial charge in [0.05, 0.1) is 6.54 Å². The smallest absolute Gasteiger partial charge is 0.237 e. The van der Waals surface area contributed by atoms with Gasteiger partial charge in [0.1, 0.15) is 0 Å². The summed E-state index contributed by atoms with van der Waals surface area (Å²) >= 11 is 0. The van der Waals surface area contributed by atoms with E-state index in [1.807, 2.05) is 0 Å². The molecule has 19 heavy (non-hydrogen) atoms. The van der Waals surface area contributed by atoms with Gasteiger partial charge < -0.3 is 10.6 Å². The van der Waals surface area contributed by atoms with Crippen LogP contribution in [0.5, 0.6) is 0 Å². The van der Waals surface area contributed by atoms with E-state index in [1.54, 1.807) is 0 Å². The highest BCUT2D eigenvalue weighted by Crippen LogP contribution is 2.23. The zero-order valence-corrected chi connectivity index (χ0v) is 12.5. The summed E-state index contributed by atoms with van der Waals surface area (Å²) in [6.45, 7) is 7.77. The van der Waals surface area contributed by atoms with Crippen molar-refractivity contribution in [3.63, 3.8) is 0 Å². The monoisotopic (exact) mass is 267 g/mol. The molecule has 1 amide bonds. The van der Waals surface area contributed by atoms with E-state index in [4.69, 9.17) is 5.73 Å². The summed E-state index contributed by atoms with van der Waals surface area (Å²) in [5.74, 6) is 0.898. The minimum Gasteiger partial charge on any atom is -0.336 e. The molecule has 2 saturated heterocycles. The topological polar surface area (TPSA) is 49.6 Å². The van der Waals surface area contributed by atoms with E-state index in [-0.39, 0.29) is 0 Å². The molecule has 0 aliphatic carbocycles. The molecule has 110 valence electrons. The van der Waals surface area contributed by atoms with Crippen LogP contribution < -0.4 is 5.73 Å². The second kappa shape index (κ2) is 6.71. The summed E-state index contributed by atoms with van der Waals surface area (Å²) in [5.41, 5.74) is 5.76. The summed E-state index contributed by atoms with van der Waals surface area (Å²) < 4.78 is 0. The average Bonchev–Trinajstić information content (AvgIpc) is 2.38. The molecule has 0 aromatic carbocycles. The van der Waals surface area contributed by atoms with Crippen molar-refractivity contribution >= 4 is 5.91 Å². The Kier molecular flexibility index (Phi) is 5.22. The Hall–Kier alpha value is -0.610. The molecule has 2 N–H and O–H groups in total. The van der Waals surface area contributed by atoms with Gasteiger partial charge in [-0.2, -0.15) is 0 Å². The normalized spacial score (nSPS) is 33.4. The van der Waals surface area contributed by atoms with E-state index in [0.717, 1.165) is 32.5 Å². The lowest BCUT2D eigenvalue weighted by Crippen LogP contribution is -2.52. The van der Waals surface area contributed by atoms with E-state index in [9.17, 15) is 4.79 Å². The molecule has 2 aliphatic heterocycles. The third kappa shape index (κ3) is 3.69. The van der Waals surface area contributed by atoms with Crippen molar-refractivity contribution < 1.29 is 4.79 Å². The van der Waals surface area contributed by atoms with Gasteiger partial charge >= 0.3 is 0 Å². The minimum absolute atomic E-state index is 0.317. The summed E-state index contributed by atoms with van der Waals surface area (Å²) in [5, 5.41) is 0. The molecule has 0 radical (unpaired) electrons.